The monoisotopic (exact) mass is 508 g/mol. The Labute approximate surface area is 223 Å². The van der Waals surface area contributed by atoms with Gasteiger partial charge >= 0.3 is 0 Å². The first-order chi connectivity index (χ1) is 18.4. The molecule has 0 spiro atoms. The Hall–Kier alpha value is -4.32. The molecule has 194 valence electrons. The molecule has 0 radical (unpaired) electrons. The second-order valence-corrected chi connectivity index (χ2v) is 9.67. The number of furan rings is 1. The van der Waals surface area contributed by atoms with Crippen LogP contribution in [0.4, 0.5) is 5.69 Å². The van der Waals surface area contributed by atoms with E-state index >= 15 is 0 Å². The van der Waals surface area contributed by atoms with Crippen molar-refractivity contribution in [2.75, 3.05) is 31.1 Å². The quantitative estimate of drug-likeness (QED) is 0.210. The molecule has 1 aliphatic heterocycles. The second-order valence-electron chi connectivity index (χ2n) is 9.67. The fourth-order valence-corrected chi connectivity index (χ4v) is 4.87. The number of allylic oxidation sites excluding steroid dienone is 1. The van der Waals surface area contributed by atoms with E-state index in [-0.39, 0.29) is 23.6 Å². The molecule has 0 aliphatic carbocycles. The number of carbonyl (C=O) groups excluding carboxylic acids is 2. The van der Waals surface area contributed by atoms with Crippen molar-refractivity contribution in [2.24, 2.45) is 0 Å². The Morgan fingerprint density at radius 3 is 2.21 bits per heavy atom. The predicted octanol–water partition coefficient (Wildman–Crippen LogP) is 6.53. The summed E-state index contributed by atoms with van der Waals surface area (Å²) in [5.74, 6) is 0.643. The van der Waals surface area contributed by atoms with Crippen molar-refractivity contribution in [1.29, 1.82) is 0 Å². The molecule has 5 rings (SSSR count). The van der Waals surface area contributed by atoms with Crippen LogP contribution < -0.4 is 9.64 Å². The van der Waals surface area contributed by atoms with Crippen LogP contribution in [0.3, 0.4) is 0 Å². The third-order valence-electron chi connectivity index (χ3n) is 7.04. The van der Waals surface area contributed by atoms with E-state index in [0.29, 0.717) is 24.4 Å². The van der Waals surface area contributed by atoms with Gasteiger partial charge in [-0.25, -0.2) is 0 Å². The van der Waals surface area contributed by atoms with Gasteiger partial charge in [0, 0.05) is 50.3 Å². The van der Waals surface area contributed by atoms with Gasteiger partial charge in [-0.3, -0.25) is 9.59 Å². The molecular formula is C32H32N2O4. The number of para-hydroxylation sites is 1. The van der Waals surface area contributed by atoms with Crippen molar-refractivity contribution in [3.63, 3.8) is 0 Å². The number of carbonyl (C=O) groups is 2. The number of fused-ring (bicyclic) bond motifs is 1. The van der Waals surface area contributed by atoms with Gasteiger partial charge in [0.1, 0.15) is 6.10 Å². The average Bonchev–Trinajstić information content (AvgIpc) is 3.41. The Kier molecular flexibility index (Phi) is 7.31. The SMILES string of the molecule is CC(=O)c1cc2c(/C(C)=C\C(=O)N3CCN(c4ccccc4)CC3)ccc(OC(C)c3ccccc3)c2o1. The fraction of sp³-hybridized carbons (Fsp3) is 0.250. The third kappa shape index (κ3) is 5.35. The van der Waals surface area contributed by atoms with Crippen LogP contribution in [0.5, 0.6) is 5.75 Å². The number of nitrogens with zero attached hydrogens (tertiary/aromatic N) is 2. The topological polar surface area (TPSA) is 63.0 Å². The highest BCUT2D eigenvalue weighted by molar-refractivity contribution is 6.04. The van der Waals surface area contributed by atoms with Crippen LogP contribution in [-0.2, 0) is 4.79 Å². The number of rotatable bonds is 7. The van der Waals surface area contributed by atoms with Gasteiger partial charge in [0.15, 0.2) is 22.9 Å². The summed E-state index contributed by atoms with van der Waals surface area (Å²) >= 11 is 0. The molecule has 6 heteroatoms. The first kappa shape index (κ1) is 25.3. The molecule has 1 aromatic heterocycles. The zero-order valence-corrected chi connectivity index (χ0v) is 22.0. The van der Waals surface area contributed by atoms with Crippen LogP contribution in [0.2, 0.25) is 0 Å². The molecule has 38 heavy (non-hydrogen) atoms. The third-order valence-corrected chi connectivity index (χ3v) is 7.04. The van der Waals surface area contributed by atoms with E-state index in [1.165, 1.54) is 12.6 Å². The van der Waals surface area contributed by atoms with E-state index in [2.05, 4.69) is 17.0 Å². The van der Waals surface area contributed by atoms with Crippen molar-refractivity contribution >= 4 is 33.9 Å². The molecular weight excluding hydrogens is 476 g/mol. The average molecular weight is 509 g/mol. The second kappa shape index (κ2) is 11.0. The van der Waals surface area contributed by atoms with E-state index in [4.69, 9.17) is 9.15 Å². The number of Topliss-reactive ketones (excluding diaryl/α,β-unsaturated/α-hetero) is 1. The zero-order valence-electron chi connectivity index (χ0n) is 22.0. The number of ketones is 1. The van der Waals surface area contributed by atoms with Gasteiger partial charge in [-0.15, -0.1) is 0 Å². The summed E-state index contributed by atoms with van der Waals surface area (Å²) in [5, 5.41) is 0.753. The number of benzene rings is 3. The minimum Gasteiger partial charge on any atom is -0.482 e. The molecule has 4 aromatic rings. The molecule has 1 amide bonds. The Morgan fingerprint density at radius 2 is 1.55 bits per heavy atom. The summed E-state index contributed by atoms with van der Waals surface area (Å²) < 4.78 is 12.2. The summed E-state index contributed by atoms with van der Waals surface area (Å²) in [6.45, 7) is 8.29. The van der Waals surface area contributed by atoms with Gasteiger partial charge in [-0.05, 0) is 54.8 Å². The summed E-state index contributed by atoms with van der Waals surface area (Å²) in [6, 6.07) is 25.7. The van der Waals surface area contributed by atoms with Crippen molar-refractivity contribution in [3.05, 3.63) is 102 Å². The molecule has 1 atom stereocenters. The number of amides is 1. The van der Waals surface area contributed by atoms with Gasteiger partial charge in [0.05, 0.1) is 0 Å². The highest BCUT2D eigenvalue weighted by Gasteiger charge is 2.22. The lowest BCUT2D eigenvalue weighted by Crippen LogP contribution is -2.48. The van der Waals surface area contributed by atoms with E-state index < -0.39 is 0 Å². The highest BCUT2D eigenvalue weighted by Crippen LogP contribution is 2.37. The van der Waals surface area contributed by atoms with Crippen LogP contribution in [0, 0.1) is 0 Å². The van der Waals surface area contributed by atoms with E-state index in [0.717, 1.165) is 35.2 Å². The maximum absolute atomic E-state index is 13.2. The number of anilines is 1. The number of ether oxygens (including phenoxy) is 1. The molecule has 2 heterocycles. The van der Waals surface area contributed by atoms with Crippen molar-refractivity contribution < 1.29 is 18.7 Å². The number of hydrogen-bond donors (Lipinski definition) is 0. The molecule has 0 saturated carbocycles. The maximum Gasteiger partial charge on any atom is 0.246 e. The largest absolute Gasteiger partial charge is 0.482 e. The predicted molar refractivity (Wildman–Crippen MR) is 151 cm³/mol. The van der Waals surface area contributed by atoms with Crippen LogP contribution in [0.25, 0.3) is 16.5 Å². The first-order valence-electron chi connectivity index (χ1n) is 13.0. The minimum absolute atomic E-state index is 0.0170. The van der Waals surface area contributed by atoms with Crippen LogP contribution in [-0.4, -0.2) is 42.8 Å². The van der Waals surface area contributed by atoms with Crippen molar-refractivity contribution in [3.8, 4) is 5.75 Å². The molecule has 1 aliphatic rings. The van der Waals surface area contributed by atoms with Crippen LogP contribution in [0.1, 0.15) is 48.6 Å². The molecule has 1 unspecified atom stereocenters. The Balaban J connectivity index is 1.37. The lowest BCUT2D eigenvalue weighted by molar-refractivity contribution is -0.126. The summed E-state index contributed by atoms with van der Waals surface area (Å²) in [7, 11) is 0. The van der Waals surface area contributed by atoms with Crippen LogP contribution >= 0.6 is 0 Å². The summed E-state index contributed by atoms with van der Waals surface area (Å²) in [5.41, 5.74) is 4.37. The van der Waals surface area contributed by atoms with Crippen molar-refractivity contribution in [1.82, 2.24) is 4.90 Å². The van der Waals surface area contributed by atoms with Crippen LogP contribution in [0.15, 0.2) is 89.4 Å². The van der Waals surface area contributed by atoms with E-state index in [1.807, 2.05) is 79.4 Å². The van der Waals surface area contributed by atoms with E-state index in [9.17, 15) is 9.59 Å². The number of hydrogen-bond acceptors (Lipinski definition) is 5. The van der Waals surface area contributed by atoms with Gasteiger partial charge in [0.25, 0.3) is 0 Å². The summed E-state index contributed by atoms with van der Waals surface area (Å²) in [6.07, 6.45) is 1.48. The zero-order chi connectivity index (χ0) is 26.6. The maximum atomic E-state index is 13.2. The Bertz CT molecular complexity index is 1470. The Morgan fingerprint density at radius 1 is 0.895 bits per heavy atom. The van der Waals surface area contributed by atoms with Crippen molar-refractivity contribution in [2.45, 2.75) is 26.9 Å². The molecule has 0 N–H and O–H groups in total. The smallest absolute Gasteiger partial charge is 0.246 e. The minimum atomic E-state index is -0.205. The summed E-state index contributed by atoms with van der Waals surface area (Å²) in [4.78, 5) is 29.5. The standard InChI is InChI=1S/C32H32N2O4/c1-22(20-31(36)34-18-16-33(17-19-34)26-12-8-5-9-13-26)27-14-15-29(32-28(27)21-30(38-32)23(2)35)37-24(3)25-10-6-4-7-11-25/h4-15,20-21,24H,16-19H2,1-3H3/b22-20-. The van der Waals surface area contributed by atoms with Gasteiger partial charge in [0.2, 0.25) is 5.91 Å². The normalized spacial score (nSPS) is 15.0. The molecule has 1 fully saturated rings. The van der Waals surface area contributed by atoms with Gasteiger partial charge < -0.3 is 19.0 Å². The van der Waals surface area contributed by atoms with Gasteiger partial charge in [-0.2, -0.15) is 0 Å². The van der Waals surface area contributed by atoms with Gasteiger partial charge in [-0.1, -0.05) is 54.6 Å². The molecule has 0 bridgehead atoms. The molecule has 6 nitrogen and oxygen atoms in total. The van der Waals surface area contributed by atoms with E-state index in [1.54, 1.807) is 12.1 Å². The molecule has 1 saturated heterocycles. The number of piperazine rings is 1. The fourth-order valence-electron chi connectivity index (χ4n) is 4.87. The lowest BCUT2D eigenvalue weighted by Gasteiger charge is -2.35. The highest BCUT2D eigenvalue weighted by atomic mass is 16.5. The lowest BCUT2D eigenvalue weighted by atomic mass is 10.0. The molecule has 3 aromatic carbocycles. The first-order valence-corrected chi connectivity index (χ1v) is 13.0.